The minimum atomic E-state index is -4.34. The molecule has 0 N–H and O–H groups in total. The van der Waals surface area contributed by atoms with Gasteiger partial charge in [0.05, 0.1) is 10.5 Å². The number of alkyl halides is 6. The normalized spacial score (nSPS) is 20.7. The van der Waals surface area contributed by atoms with Crippen molar-refractivity contribution < 1.29 is 35.9 Å². The molecule has 0 radical (unpaired) electrons. The first-order chi connectivity index (χ1) is 14.9. The molecule has 0 heterocycles. The Balaban J connectivity index is 0.000000181. The molecule has 0 spiro atoms. The molecule has 2 aromatic carbocycles. The number of ketones is 2. The zero-order valence-electron chi connectivity index (χ0n) is 16.5. The molecule has 0 amide bonds. The molecule has 0 saturated carbocycles. The van der Waals surface area contributed by atoms with Gasteiger partial charge in [0.2, 0.25) is 0 Å². The molecule has 2 aromatic rings. The molecule has 2 aliphatic carbocycles. The van der Waals surface area contributed by atoms with E-state index >= 15 is 0 Å². The number of carbonyl (C=O) groups excluding carboxylic acids is 2. The van der Waals surface area contributed by atoms with Crippen LogP contribution in [0.15, 0.2) is 48.5 Å². The van der Waals surface area contributed by atoms with Gasteiger partial charge in [-0.05, 0) is 60.3 Å². The zero-order chi connectivity index (χ0) is 23.5. The average Bonchev–Trinajstić information content (AvgIpc) is 2.71. The van der Waals surface area contributed by atoms with Crippen LogP contribution in [0, 0.1) is 0 Å². The van der Waals surface area contributed by atoms with Crippen molar-refractivity contribution in [2.45, 2.75) is 47.2 Å². The molecule has 0 aliphatic heterocycles. The molecule has 10 heteroatoms. The van der Waals surface area contributed by atoms with Crippen LogP contribution in [-0.2, 0) is 12.8 Å². The first kappa shape index (κ1) is 24.7. The Kier molecular flexibility index (Phi) is 7.65. The van der Waals surface area contributed by atoms with Crippen LogP contribution in [0.3, 0.4) is 0 Å². The third kappa shape index (κ3) is 6.54. The van der Waals surface area contributed by atoms with Crippen molar-refractivity contribution in [3.8, 4) is 0 Å². The number of Topliss-reactive ketones (excluding diaryl/α,β-unsaturated/α-hetero) is 2. The second-order valence-electron chi connectivity index (χ2n) is 7.22. The average molecular weight is 493 g/mol. The van der Waals surface area contributed by atoms with Crippen molar-refractivity contribution in [1.29, 1.82) is 0 Å². The Labute approximate surface area is 189 Å². The number of fused-ring (bicyclic) bond motifs is 2. The molecule has 2 aliphatic rings. The Morgan fingerprint density at radius 2 is 0.969 bits per heavy atom. The van der Waals surface area contributed by atoms with Gasteiger partial charge in [0.15, 0.2) is 11.6 Å². The van der Waals surface area contributed by atoms with Crippen LogP contribution in [0.1, 0.15) is 44.7 Å². The molecule has 2 atom stereocenters. The van der Waals surface area contributed by atoms with E-state index in [2.05, 4.69) is 0 Å². The highest BCUT2D eigenvalue weighted by atomic mass is 32.2. The molecule has 0 aromatic heterocycles. The molecular weight excluding hydrogens is 474 g/mol. The van der Waals surface area contributed by atoms with Crippen molar-refractivity contribution in [2.75, 3.05) is 0 Å². The standard InChI is InChI=1S/2C11H9F3OS/c2*12-11(13,14)16-9-6-5-7-3-1-2-4-8(7)10(9)15/h2*1-4,9H,5-6H2. The van der Waals surface area contributed by atoms with Crippen molar-refractivity contribution >= 4 is 35.1 Å². The summed E-state index contributed by atoms with van der Waals surface area (Å²) in [4.78, 5) is 23.5. The third-order valence-electron chi connectivity index (χ3n) is 5.05. The van der Waals surface area contributed by atoms with Gasteiger partial charge in [0.1, 0.15) is 0 Å². The molecule has 4 rings (SSSR count). The number of aryl methyl sites for hydroxylation is 2. The van der Waals surface area contributed by atoms with Gasteiger partial charge in [-0.2, -0.15) is 26.3 Å². The van der Waals surface area contributed by atoms with Gasteiger partial charge in [0.25, 0.3) is 0 Å². The molecule has 32 heavy (non-hydrogen) atoms. The van der Waals surface area contributed by atoms with Crippen LogP contribution in [-0.4, -0.2) is 33.1 Å². The lowest BCUT2D eigenvalue weighted by Gasteiger charge is -2.23. The summed E-state index contributed by atoms with van der Waals surface area (Å²) in [6.07, 6.45) is 1.60. The van der Waals surface area contributed by atoms with Crippen LogP contribution < -0.4 is 0 Å². The molecule has 0 saturated heterocycles. The minimum absolute atomic E-state index is 0.200. The van der Waals surface area contributed by atoms with Gasteiger partial charge in [0, 0.05) is 11.1 Å². The minimum Gasteiger partial charge on any atom is -0.293 e. The van der Waals surface area contributed by atoms with Crippen molar-refractivity contribution in [1.82, 2.24) is 0 Å². The van der Waals surface area contributed by atoms with E-state index in [4.69, 9.17) is 0 Å². The molecule has 0 bridgehead atoms. The maximum atomic E-state index is 12.2. The van der Waals surface area contributed by atoms with E-state index < -0.39 is 33.1 Å². The number of rotatable bonds is 2. The van der Waals surface area contributed by atoms with Crippen molar-refractivity contribution in [3.05, 3.63) is 70.8 Å². The fourth-order valence-corrected chi connectivity index (χ4v) is 5.27. The van der Waals surface area contributed by atoms with Crippen LogP contribution in [0.25, 0.3) is 0 Å². The van der Waals surface area contributed by atoms with Gasteiger partial charge < -0.3 is 0 Å². The smallest absolute Gasteiger partial charge is 0.293 e. The highest BCUT2D eigenvalue weighted by Crippen LogP contribution is 2.40. The van der Waals surface area contributed by atoms with Gasteiger partial charge in [-0.25, -0.2) is 0 Å². The van der Waals surface area contributed by atoms with Gasteiger partial charge in [-0.1, -0.05) is 48.5 Å². The lowest BCUT2D eigenvalue weighted by atomic mass is 9.90. The maximum absolute atomic E-state index is 12.2. The van der Waals surface area contributed by atoms with E-state index in [1.165, 1.54) is 0 Å². The maximum Gasteiger partial charge on any atom is 0.442 e. The molecule has 0 fully saturated rings. The number of carbonyl (C=O) groups is 2. The molecular formula is C22H18F6O2S2. The second-order valence-corrected chi connectivity index (χ2v) is 9.76. The van der Waals surface area contributed by atoms with Crippen LogP contribution in [0.2, 0.25) is 0 Å². The van der Waals surface area contributed by atoms with E-state index in [1.807, 2.05) is 0 Å². The SMILES string of the molecule is O=C1c2ccccc2CCC1SC(F)(F)F.O=C1c2ccccc2CCC1SC(F)(F)F. The Morgan fingerprint density at radius 1 is 0.625 bits per heavy atom. The lowest BCUT2D eigenvalue weighted by Crippen LogP contribution is -2.27. The summed E-state index contributed by atoms with van der Waals surface area (Å²) in [6.45, 7) is 0. The summed E-state index contributed by atoms with van der Waals surface area (Å²) >= 11 is -0.400. The first-order valence-electron chi connectivity index (χ1n) is 9.68. The van der Waals surface area contributed by atoms with Crippen LogP contribution >= 0.6 is 23.5 Å². The number of benzene rings is 2. The van der Waals surface area contributed by atoms with E-state index in [1.54, 1.807) is 48.5 Å². The molecule has 2 nitrogen and oxygen atoms in total. The number of hydrogen-bond acceptors (Lipinski definition) is 4. The monoisotopic (exact) mass is 492 g/mol. The highest BCUT2D eigenvalue weighted by Gasteiger charge is 2.39. The Bertz CT molecular complexity index is 907. The van der Waals surface area contributed by atoms with Crippen molar-refractivity contribution in [2.24, 2.45) is 0 Å². The summed E-state index contributed by atoms with van der Waals surface area (Å²) < 4.78 is 73.2. The summed E-state index contributed by atoms with van der Waals surface area (Å²) in [5, 5.41) is -1.95. The van der Waals surface area contributed by atoms with Gasteiger partial charge >= 0.3 is 11.0 Å². The van der Waals surface area contributed by atoms with Gasteiger partial charge in [-0.15, -0.1) is 0 Å². The molecule has 172 valence electrons. The number of halogens is 6. The zero-order valence-corrected chi connectivity index (χ0v) is 18.1. The largest absolute Gasteiger partial charge is 0.442 e. The molecule has 2 unspecified atom stereocenters. The highest BCUT2D eigenvalue weighted by molar-refractivity contribution is 8.01. The van der Waals surface area contributed by atoms with Gasteiger partial charge in [-0.3, -0.25) is 9.59 Å². The van der Waals surface area contributed by atoms with Crippen molar-refractivity contribution in [3.63, 3.8) is 0 Å². The topological polar surface area (TPSA) is 34.1 Å². The second kappa shape index (κ2) is 9.91. The fourth-order valence-electron chi connectivity index (χ4n) is 3.69. The summed E-state index contributed by atoms with van der Waals surface area (Å²) in [6, 6.07) is 13.7. The lowest BCUT2D eigenvalue weighted by molar-refractivity contribution is -0.0342. The van der Waals surface area contributed by atoms with E-state index in [-0.39, 0.29) is 36.4 Å². The quantitative estimate of drug-likeness (QED) is 0.429. The number of thioether (sulfide) groups is 2. The Hall–Kier alpha value is -1.94. The van der Waals surface area contributed by atoms with E-state index in [0.717, 1.165) is 11.1 Å². The first-order valence-corrected chi connectivity index (χ1v) is 11.4. The summed E-state index contributed by atoms with van der Waals surface area (Å²) in [5.41, 5.74) is -6.09. The third-order valence-corrected chi connectivity index (χ3v) is 7.06. The van der Waals surface area contributed by atoms with E-state index in [0.29, 0.717) is 24.0 Å². The predicted molar refractivity (Wildman–Crippen MR) is 113 cm³/mol. The van der Waals surface area contributed by atoms with E-state index in [9.17, 15) is 35.9 Å². The summed E-state index contributed by atoms with van der Waals surface area (Å²) in [7, 11) is 0. The van der Waals surface area contributed by atoms with Crippen LogP contribution in [0.5, 0.6) is 0 Å². The van der Waals surface area contributed by atoms with Crippen LogP contribution in [0.4, 0.5) is 26.3 Å². The summed E-state index contributed by atoms with van der Waals surface area (Å²) in [5.74, 6) is -0.798. The predicted octanol–water partition coefficient (Wildman–Crippen LogP) is 6.87. The fraction of sp³-hybridized carbons (Fsp3) is 0.364. The Morgan fingerprint density at radius 3 is 1.31 bits per heavy atom. The number of hydrogen-bond donors (Lipinski definition) is 0.